The van der Waals surface area contributed by atoms with E-state index in [1.165, 1.54) is 87.0 Å². The van der Waals surface area contributed by atoms with Crippen molar-refractivity contribution in [2.24, 2.45) is 0 Å². The summed E-state index contributed by atoms with van der Waals surface area (Å²) in [5.41, 5.74) is 9.47. The molecule has 0 saturated carbocycles. The van der Waals surface area contributed by atoms with E-state index in [-0.39, 0.29) is 0 Å². The third-order valence-electron chi connectivity index (χ3n) is 10.1. The van der Waals surface area contributed by atoms with Crippen molar-refractivity contribution in [3.05, 3.63) is 121 Å². The maximum absolute atomic E-state index is 6.32. The van der Waals surface area contributed by atoms with Gasteiger partial charge in [-0.1, -0.05) is 78.9 Å². The zero-order valence-electron chi connectivity index (χ0n) is 22.8. The van der Waals surface area contributed by atoms with Gasteiger partial charge >= 0.3 is 0 Å². The first-order valence-corrected chi connectivity index (χ1v) is 14.9. The second kappa shape index (κ2) is 6.80. The summed E-state index contributed by atoms with van der Waals surface area (Å²) in [6.45, 7) is 0. The van der Waals surface area contributed by atoms with E-state index >= 15 is 0 Å². The van der Waals surface area contributed by atoms with Crippen molar-refractivity contribution >= 4 is 109 Å². The maximum atomic E-state index is 6.32. The zero-order chi connectivity index (χ0) is 27.6. The topological polar surface area (TPSA) is 22.0 Å². The molecular formula is C40H20N2O. The van der Waals surface area contributed by atoms with Crippen LogP contribution in [0, 0.1) is 0 Å². The van der Waals surface area contributed by atoms with Gasteiger partial charge in [-0.2, -0.15) is 0 Å². The molecule has 0 aliphatic rings. The summed E-state index contributed by atoms with van der Waals surface area (Å²) in [6, 6.07) is 44.7. The van der Waals surface area contributed by atoms with Gasteiger partial charge in [-0.3, -0.25) is 0 Å². The average Bonchev–Trinajstić information content (AvgIpc) is 3.83. The second-order valence-corrected chi connectivity index (χ2v) is 12.1. The molecule has 5 heterocycles. The fourth-order valence-electron chi connectivity index (χ4n) is 8.43. The van der Waals surface area contributed by atoms with E-state index in [0.29, 0.717) is 0 Å². The van der Waals surface area contributed by atoms with Crippen LogP contribution in [0.25, 0.3) is 109 Å². The van der Waals surface area contributed by atoms with Crippen LogP contribution in [0.1, 0.15) is 0 Å². The van der Waals surface area contributed by atoms with Gasteiger partial charge in [0.25, 0.3) is 0 Å². The average molecular weight is 545 g/mol. The Morgan fingerprint density at radius 2 is 1.02 bits per heavy atom. The molecule has 43 heavy (non-hydrogen) atoms. The van der Waals surface area contributed by atoms with Gasteiger partial charge in [-0.05, 0) is 53.2 Å². The first-order chi connectivity index (χ1) is 21.3. The quantitative estimate of drug-likeness (QED) is 0.186. The van der Waals surface area contributed by atoms with Crippen LogP contribution in [-0.4, -0.2) is 8.80 Å². The van der Waals surface area contributed by atoms with Crippen LogP contribution >= 0.6 is 0 Å². The number of benzene rings is 7. The molecule has 3 heteroatoms. The Hall–Kier alpha value is -5.80. The molecule has 7 aromatic carbocycles. The van der Waals surface area contributed by atoms with Gasteiger partial charge in [0.2, 0.25) is 0 Å². The number of fused-ring (bicyclic) bond motifs is 17. The Bertz CT molecular complexity index is 3170. The highest BCUT2D eigenvalue weighted by Gasteiger charge is 2.24. The molecule has 0 unspecified atom stereocenters. The van der Waals surface area contributed by atoms with Gasteiger partial charge in [0.05, 0.1) is 33.1 Å². The molecule has 3 nitrogen and oxygen atoms in total. The summed E-state index contributed by atoms with van der Waals surface area (Å²) in [5, 5.41) is 15.3. The predicted octanol–water partition coefficient (Wildman–Crippen LogP) is 11.0. The number of aromatic nitrogens is 2. The number of para-hydroxylation sites is 3. The third kappa shape index (κ3) is 2.25. The summed E-state index contributed by atoms with van der Waals surface area (Å²) < 4.78 is 11.3. The number of furan rings is 1. The fraction of sp³-hybridized carbons (Fsp3) is 0. The first kappa shape index (κ1) is 21.0. The lowest BCUT2D eigenvalue weighted by atomic mass is 9.99. The normalized spacial score (nSPS) is 13.1. The lowest BCUT2D eigenvalue weighted by molar-refractivity contribution is 0.669. The molecule has 0 spiro atoms. The molecule has 0 radical (unpaired) electrons. The monoisotopic (exact) mass is 544 g/mol. The minimum absolute atomic E-state index is 0.934. The van der Waals surface area contributed by atoms with Crippen molar-refractivity contribution in [1.29, 1.82) is 0 Å². The van der Waals surface area contributed by atoms with Crippen molar-refractivity contribution in [3.63, 3.8) is 0 Å². The van der Waals surface area contributed by atoms with E-state index in [4.69, 9.17) is 4.42 Å². The van der Waals surface area contributed by atoms with Crippen LogP contribution in [0.15, 0.2) is 126 Å². The summed E-state index contributed by atoms with van der Waals surface area (Å²) in [6.07, 6.45) is 0. The highest BCUT2D eigenvalue weighted by atomic mass is 16.3. The van der Waals surface area contributed by atoms with Gasteiger partial charge in [0.1, 0.15) is 11.2 Å². The minimum Gasteiger partial charge on any atom is -0.456 e. The molecular weight excluding hydrogens is 524 g/mol. The van der Waals surface area contributed by atoms with Crippen molar-refractivity contribution in [3.8, 4) is 0 Å². The molecule has 0 bridgehead atoms. The predicted molar refractivity (Wildman–Crippen MR) is 181 cm³/mol. The highest BCUT2D eigenvalue weighted by molar-refractivity contribution is 6.34. The summed E-state index contributed by atoms with van der Waals surface area (Å²) in [4.78, 5) is 0. The van der Waals surface area contributed by atoms with E-state index in [1.54, 1.807) is 0 Å². The van der Waals surface area contributed by atoms with Crippen LogP contribution in [0.2, 0.25) is 0 Å². The largest absolute Gasteiger partial charge is 0.456 e. The van der Waals surface area contributed by atoms with Crippen LogP contribution in [-0.2, 0) is 0 Å². The summed E-state index contributed by atoms with van der Waals surface area (Å²) >= 11 is 0. The molecule has 0 aliphatic heterocycles. The standard InChI is InChI=1S/C40H20N2O/c1-2-9-22-21(8-1)16-30-23-10-3-5-14-32(23)41-35-20-34-27(17-31(35)38(22)40(30)41)25-12-7-13-26-28-19-37-29(18-33(28)42(34)39(25)26)24-11-4-6-15-36(24)43-37/h1-20H. The maximum Gasteiger partial charge on any atom is 0.136 e. The second-order valence-electron chi connectivity index (χ2n) is 12.1. The van der Waals surface area contributed by atoms with Gasteiger partial charge in [0, 0.05) is 53.9 Å². The molecule has 0 aliphatic carbocycles. The van der Waals surface area contributed by atoms with Crippen molar-refractivity contribution < 1.29 is 4.42 Å². The van der Waals surface area contributed by atoms with E-state index in [9.17, 15) is 0 Å². The van der Waals surface area contributed by atoms with Crippen LogP contribution in [0.3, 0.4) is 0 Å². The van der Waals surface area contributed by atoms with Crippen LogP contribution in [0.4, 0.5) is 0 Å². The van der Waals surface area contributed by atoms with Crippen LogP contribution in [0.5, 0.6) is 0 Å². The molecule has 196 valence electrons. The third-order valence-corrected chi connectivity index (χ3v) is 10.1. The Morgan fingerprint density at radius 3 is 1.93 bits per heavy atom. The number of hydrogen-bond acceptors (Lipinski definition) is 1. The number of rotatable bonds is 0. The molecule has 12 rings (SSSR count). The Kier molecular flexibility index (Phi) is 3.32. The molecule has 0 N–H and O–H groups in total. The van der Waals surface area contributed by atoms with Crippen molar-refractivity contribution in [1.82, 2.24) is 8.80 Å². The summed E-state index contributed by atoms with van der Waals surface area (Å²) in [7, 11) is 0. The SMILES string of the molecule is c1ccc2c(c1)cc1c3ccccc3n3c4cc5c(cc4c2c13)c1cccc2c3cc4oc6ccccc6c4cc3n5c21. The Balaban J connectivity index is 1.36. The molecule has 12 aromatic rings. The number of hydrogen-bond donors (Lipinski definition) is 0. The minimum atomic E-state index is 0.934. The van der Waals surface area contributed by atoms with E-state index < -0.39 is 0 Å². The molecule has 0 fully saturated rings. The smallest absolute Gasteiger partial charge is 0.136 e. The van der Waals surface area contributed by atoms with Gasteiger partial charge in [-0.15, -0.1) is 0 Å². The van der Waals surface area contributed by atoms with Gasteiger partial charge in [-0.25, -0.2) is 0 Å². The molecule has 0 saturated heterocycles. The molecule has 5 aromatic heterocycles. The molecule has 0 amide bonds. The van der Waals surface area contributed by atoms with Crippen molar-refractivity contribution in [2.45, 2.75) is 0 Å². The van der Waals surface area contributed by atoms with E-state index in [1.807, 2.05) is 6.07 Å². The lowest BCUT2D eigenvalue weighted by Gasteiger charge is -2.03. The lowest BCUT2D eigenvalue weighted by Crippen LogP contribution is -1.84. The highest BCUT2D eigenvalue weighted by Crippen LogP contribution is 2.47. The van der Waals surface area contributed by atoms with Crippen molar-refractivity contribution in [2.75, 3.05) is 0 Å². The first-order valence-electron chi connectivity index (χ1n) is 14.9. The zero-order valence-corrected chi connectivity index (χ0v) is 22.8. The number of nitrogens with zero attached hydrogens (tertiary/aromatic N) is 2. The Morgan fingerprint density at radius 1 is 0.349 bits per heavy atom. The van der Waals surface area contributed by atoms with E-state index in [2.05, 4.69) is 124 Å². The van der Waals surface area contributed by atoms with E-state index in [0.717, 1.165) is 21.9 Å². The van der Waals surface area contributed by atoms with Gasteiger partial charge < -0.3 is 13.2 Å². The van der Waals surface area contributed by atoms with Gasteiger partial charge in [0.15, 0.2) is 0 Å². The molecule has 0 atom stereocenters. The summed E-state index contributed by atoms with van der Waals surface area (Å²) in [5.74, 6) is 0. The fourth-order valence-corrected chi connectivity index (χ4v) is 8.43. The van der Waals surface area contributed by atoms with Crippen LogP contribution < -0.4 is 0 Å². The Labute approximate surface area is 243 Å².